The minimum absolute atomic E-state index is 0.255. The number of hydrogen-bond donors (Lipinski definition) is 0. The fourth-order valence-electron chi connectivity index (χ4n) is 4.45. The van der Waals surface area contributed by atoms with Crippen molar-refractivity contribution in [3.8, 4) is 5.75 Å². The topological polar surface area (TPSA) is 52.8 Å². The predicted octanol–water partition coefficient (Wildman–Crippen LogP) is 3.90. The van der Waals surface area contributed by atoms with Crippen molar-refractivity contribution in [2.75, 3.05) is 0 Å². The first-order chi connectivity index (χ1) is 11.8. The normalized spacial score (nSPS) is 28.5. The summed E-state index contributed by atoms with van der Waals surface area (Å²) in [6.07, 6.45) is 7.13. The summed E-state index contributed by atoms with van der Waals surface area (Å²) in [6.45, 7) is 0. The molecule has 5 nitrogen and oxygen atoms in total. The zero-order chi connectivity index (χ0) is 16.1. The molecular formula is C18H17ClN4O. The molecule has 0 spiro atoms. The van der Waals surface area contributed by atoms with Crippen LogP contribution in [0.15, 0.2) is 43.0 Å². The van der Waals surface area contributed by atoms with Crippen molar-refractivity contribution in [2.24, 2.45) is 11.8 Å². The van der Waals surface area contributed by atoms with Gasteiger partial charge in [0.2, 0.25) is 0 Å². The Kier molecular flexibility index (Phi) is 3.23. The molecule has 2 saturated carbocycles. The maximum absolute atomic E-state index is 6.28. The van der Waals surface area contributed by atoms with Crippen molar-refractivity contribution in [3.63, 3.8) is 0 Å². The molecule has 6 heteroatoms. The number of fused-ring (bicyclic) bond motifs is 3. The largest absolute Gasteiger partial charge is 0.490 e. The highest BCUT2D eigenvalue weighted by molar-refractivity contribution is 6.33. The zero-order valence-corrected chi connectivity index (χ0v) is 13.8. The van der Waals surface area contributed by atoms with Crippen LogP contribution in [0.25, 0.3) is 11.2 Å². The molecule has 0 unspecified atom stereocenters. The fraction of sp³-hybridized carbons (Fsp3) is 0.389. The lowest BCUT2D eigenvalue weighted by Crippen LogP contribution is -2.31. The lowest BCUT2D eigenvalue weighted by Gasteiger charge is -2.30. The number of rotatable bonds is 3. The van der Waals surface area contributed by atoms with Gasteiger partial charge in [-0.2, -0.15) is 0 Å². The van der Waals surface area contributed by atoms with Gasteiger partial charge in [0.1, 0.15) is 23.7 Å². The van der Waals surface area contributed by atoms with Crippen LogP contribution in [-0.2, 0) is 0 Å². The average Bonchev–Trinajstić information content (AvgIpc) is 3.29. The molecular weight excluding hydrogens is 324 g/mol. The highest BCUT2D eigenvalue weighted by atomic mass is 35.5. The molecule has 2 aliphatic carbocycles. The van der Waals surface area contributed by atoms with E-state index < -0.39 is 0 Å². The number of para-hydroxylation sites is 1. The van der Waals surface area contributed by atoms with Crippen LogP contribution in [0.2, 0.25) is 5.15 Å². The standard InChI is InChI=1S/C18H17ClN4O/c19-17-16-18(21-9-20-17)23(10-22-16)14-7-11-6-13(14)15(8-11)24-12-4-2-1-3-5-12/h1-5,9-11,13-15H,6-8H2/t11-,13+,14+,15-/m0/s1. The van der Waals surface area contributed by atoms with Crippen molar-refractivity contribution < 1.29 is 4.74 Å². The third kappa shape index (κ3) is 2.18. The van der Waals surface area contributed by atoms with Crippen LogP contribution in [0.3, 0.4) is 0 Å². The van der Waals surface area contributed by atoms with E-state index in [0.717, 1.165) is 24.2 Å². The summed E-state index contributed by atoms with van der Waals surface area (Å²) in [5, 5.41) is 0.416. The Morgan fingerprint density at radius 3 is 2.75 bits per heavy atom. The minimum atomic E-state index is 0.255. The summed E-state index contributed by atoms with van der Waals surface area (Å²) in [5.74, 6) is 2.15. The average molecular weight is 341 g/mol. The van der Waals surface area contributed by atoms with Crippen molar-refractivity contribution in [2.45, 2.75) is 31.4 Å². The molecule has 1 aromatic carbocycles. The maximum atomic E-state index is 6.28. The Balaban J connectivity index is 1.46. The van der Waals surface area contributed by atoms with Crippen LogP contribution in [0.5, 0.6) is 5.75 Å². The number of ether oxygens (including phenoxy) is 1. The van der Waals surface area contributed by atoms with E-state index in [1.807, 2.05) is 36.7 Å². The van der Waals surface area contributed by atoms with Crippen molar-refractivity contribution in [1.29, 1.82) is 0 Å². The Hall–Kier alpha value is -2.14. The zero-order valence-electron chi connectivity index (χ0n) is 13.0. The van der Waals surface area contributed by atoms with Crippen LogP contribution in [-0.4, -0.2) is 25.6 Å². The van der Waals surface area contributed by atoms with Crippen LogP contribution in [0.1, 0.15) is 25.3 Å². The van der Waals surface area contributed by atoms with Gasteiger partial charge < -0.3 is 9.30 Å². The first kappa shape index (κ1) is 14.2. The maximum Gasteiger partial charge on any atom is 0.165 e. The summed E-state index contributed by atoms with van der Waals surface area (Å²) < 4.78 is 8.46. The number of imidazole rings is 1. The molecule has 0 amide bonds. The van der Waals surface area contributed by atoms with Gasteiger partial charge in [-0.3, -0.25) is 0 Å². The van der Waals surface area contributed by atoms with E-state index in [0.29, 0.717) is 28.5 Å². The van der Waals surface area contributed by atoms with Gasteiger partial charge in [-0.25, -0.2) is 15.0 Å². The second-order valence-corrected chi connectivity index (χ2v) is 7.12. The lowest BCUT2D eigenvalue weighted by molar-refractivity contribution is 0.107. The van der Waals surface area contributed by atoms with Gasteiger partial charge in [-0.05, 0) is 37.3 Å². The van der Waals surface area contributed by atoms with Crippen molar-refractivity contribution in [3.05, 3.63) is 48.1 Å². The van der Waals surface area contributed by atoms with E-state index in [2.05, 4.69) is 19.5 Å². The van der Waals surface area contributed by atoms with E-state index >= 15 is 0 Å². The fourth-order valence-corrected chi connectivity index (χ4v) is 4.62. The molecule has 2 fully saturated rings. The molecule has 4 atom stereocenters. The Bertz CT molecular complexity index is 881. The number of hydrogen-bond acceptors (Lipinski definition) is 4. The summed E-state index contributed by atoms with van der Waals surface area (Å²) in [7, 11) is 0. The smallest absolute Gasteiger partial charge is 0.165 e. The highest BCUT2D eigenvalue weighted by Gasteiger charge is 2.48. The minimum Gasteiger partial charge on any atom is -0.490 e. The number of halogens is 1. The molecule has 5 rings (SSSR count). The van der Waals surface area contributed by atoms with Gasteiger partial charge in [0, 0.05) is 12.0 Å². The second kappa shape index (κ2) is 5.45. The molecule has 3 aromatic rings. The van der Waals surface area contributed by atoms with Gasteiger partial charge in [-0.1, -0.05) is 29.8 Å². The monoisotopic (exact) mass is 340 g/mol. The van der Waals surface area contributed by atoms with E-state index in [1.165, 1.54) is 12.7 Å². The third-order valence-corrected chi connectivity index (χ3v) is 5.70. The second-order valence-electron chi connectivity index (χ2n) is 6.76. The summed E-state index contributed by atoms with van der Waals surface area (Å²) in [4.78, 5) is 12.8. The van der Waals surface area contributed by atoms with Gasteiger partial charge >= 0.3 is 0 Å². The first-order valence-electron chi connectivity index (χ1n) is 8.34. The van der Waals surface area contributed by atoms with E-state index in [1.54, 1.807) is 0 Å². The molecule has 0 aliphatic heterocycles. The Labute approximate surface area is 144 Å². The SMILES string of the molecule is Clc1ncnc2c1ncn2[C@@H]1C[C@@H]2C[C@H]1[C@@H](Oc1ccccc1)C2. The molecule has 0 radical (unpaired) electrons. The highest BCUT2D eigenvalue weighted by Crippen LogP contribution is 2.52. The van der Waals surface area contributed by atoms with Crippen LogP contribution >= 0.6 is 11.6 Å². The first-order valence-corrected chi connectivity index (χ1v) is 8.72. The van der Waals surface area contributed by atoms with Crippen molar-refractivity contribution >= 4 is 22.8 Å². The molecule has 0 N–H and O–H groups in total. The van der Waals surface area contributed by atoms with Crippen molar-refractivity contribution in [1.82, 2.24) is 19.5 Å². The van der Waals surface area contributed by atoms with E-state index in [4.69, 9.17) is 16.3 Å². The molecule has 2 aliphatic rings. The third-order valence-electron chi connectivity index (χ3n) is 5.42. The molecule has 2 aromatic heterocycles. The number of nitrogens with zero attached hydrogens (tertiary/aromatic N) is 4. The molecule has 2 heterocycles. The van der Waals surface area contributed by atoms with Gasteiger partial charge in [0.05, 0.1) is 6.33 Å². The van der Waals surface area contributed by atoms with Crippen LogP contribution in [0.4, 0.5) is 0 Å². The lowest BCUT2D eigenvalue weighted by atomic mass is 9.92. The Morgan fingerprint density at radius 1 is 1.04 bits per heavy atom. The van der Waals surface area contributed by atoms with Gasteiger partial charge in [0.15, 0.2) is 10.8 Å². The van der Waals surface area contributed by atoms with Crippen LogP contribution in [0, 0.1) is 11.8 Å². The summed E-state index contributed by atoms with van der Waals surface area (Å²) in [5.41, 5.74) is 1.51. The summed E-state index contributed by atoms with van der Waals surface area (Å²) >= 11 is 6.14. The van der Waals surface area contributed by atoms with E-state index in [9.17, 15) is 0 Å². The molecule has 0 saturated heterocycles. The Morgan fingerprint density at radius 2 is 1.92 bits per heavy atom. The van der Waals surface area contributed by atoms with Gasteiger partial charge in [-0.15, -0.1) is 0 Å². The predicted molar refractivity (Wildman–Crippen MR) is 91.1 cm³/mol. The molecule has 2 bridgehead atoms. The van der Waals surface area contributed by atoms with Gasteiger partial charge in [0.25, 0.3) is 0 Å². The van der Waals surface area contributed by atoms with Crippen LogP contribution < -0.4 is 4.74 Å². The number of benzene rings is 1. The van der Waals surface area contributed by atoms with E-state index in [-0.39, 0.29) is 6.10 Å². The number of aromatic nitrogens is 4. The molecule has 24 heavy (non-hydrogen) atoms. The summed E-state index contributed by atoms with van der Waals surface area (Å²) in [6, 6.07) is 10.5. The quantitative estimate of drug-likeness (QED) is 0.678. The molecule has 122 valence electrons.